The molecule has 0 aliphatic heterocycles. The molecule has 4 heteroatoms. The van der Waals surface area contributed by atoms with E-state index < -0.39 is 0 Å². The average Bonchev–Trinajstić information content (AvgIpc) is 2.46. The number of carbonyl (C=O) groups is 1. The fourth-order valence-electron chi connectivity index (χ4n) is 1.90. The summed E-state index contributed by atoms with van der Waals surface area (Å²) in [4.78, 5) is 15.4. The lowest BCUT2D eigenvalue weighted by Gasteiger charge is -2.20. The third-order valence-corrected chi connectivity index (χ3v) is 2.81. The van der Waals surface area contributed by atoms with E-state index in [0.717, 1.165) is 25.7 Å². The monoisotopic (exact) mass is 252 g/mol. The molecule has 1 N–H and O–H groups in total. The maximum absolute atomic E-state index is 11.7. The van der Waals surface area contributed by atoms with Crippen LogP contribution in [0.1, 0.15) is 46.0 Å². The van der Waals surface area contributed by atoms with Gasteiger partial charge in [0, 0.05) is 12.0 Å². The number of rotatable bonds is 3. The Morgan fingerprint density at radius 3 is 2.50 bits per heavy atom. The van der Waals surface area contributed by atoms with Crippen molar-refractivity contribution in [2.75, 3.05) is 13.7 Å². The number of hydrogen-bond donors (Lipinski definition) is 1. The second-order valence-electron chi connectivity index (χ2n) is 3.89. The SMILES string of the molecule is C#CN=C(CNC(=O)C1CCCCC1)OC.CC. The van der Waals surface area contributed by atoms with Crippen LogP contribution in [-0.2, 0) is 9.53 Å². The lowest BCUT2D eigenvalue weighted by molar-refractivity contribution is -0.125. The lowest BCUT2D eigenvalue weighted by atomic mass is 9.89. The van der Waals surface area contributed by atoms with Crippen LogP contribution in [0.3, 0.4) is 0 Å². The number of terminal acetylenes is 1. The molecule has 1 saturated carbocycles. The smallest absolute Gasteiger partial charge is 0.223 e. The molecule has 0 bridgehead atoms. The van der Waals surface area contributed by atoms with Crippen LogP contribution < -0.4 is 5.32 Å². The standard InChI is InChI=1S/C12H18N2O2.C2H6/c1-3-13-11(16-2)9-14-12(15)10-7-5-4-6-8-10;1-2/h1,10H,4-9H2,2H3,(H,14,15);1-2H3. The van der Waals surface area contributed by atoms with Gasteiger partial charge in [0.25, 0.3) is 0 Å². The number of methoxy groups -OCH3 is 1. The fraction of sp³-hybridized carbons (Fsp3) is 0.714. The van der Waals surface area contributed by atoms with Crippen molar-refractivity contribution in [2.24, 2.45) is 10.9 Å². The van der Waals surface area contributed by atoms with Gasteiger partial charge in [0.15, 0.2) is 0 Å². The van der Waals surface area contributed by atoms with E-state index in [4.69, 9.17) is 11.2 Å². The van der Waals surface area contributed by atoms with Gasteiger partial charge < -0.3 is 10.1 Å². The molecule has 1 fully saturated rings. The zero-order valence-electron chi connectivity index (χ0n) is 11.7. The number of carbonyl (C=O) groups excluding carboxylic acids is 1. The zero-order chi connectivity index (χ0) is 13.8. The molecule has 0 atom stereocenters. The summed E-state index contributed by atoms with van der Waals surface area (Å²) in [5.41, 5.74) is 0. The van der Waals surface area contributed by atoms with Crippen LogP contribution in [0.5, 0.6) is 0 Å². The van der Waals surface area contributed by atoms with Crippen LogP contribution in [0.15, 0.2) is 4.99 Å². The summed E-state index contributed by atoms with van der Waals surface area (Å²) in [6.07, 6.45) is 10.5. The molecule has 0 aromatic carbocycles. The molecule has 0 spiro atoms. The Morgan fingerprint density at radius 1 is 1.39 bits per heavy atom. The third kappa shape index (κ3) is 6.29. The van der Waals surface area contributed by atoms with E-state index in [0.29, 0.717) is 5.90 Å². The van der Waals surface area contributed by atoms with Crippen molar-refractivity contribution in [1.82, 2.24) is 5.32 Å². The summed E-state index contributed by atoms with van der Waals surface area (Å²) < 4.78 is 4.92. The van der Waals surface area contributed by atoms with Crippen LogP contribution in [0, 0.1) is 18.4 Å². The number of hydrogen-bond acceptors (Lipinski definition) is 3. The summed E-state index contributed by atoms with van der Waals surface area (Å²) >= 11 is 0. The summed E-state index contributed by atoms with van der Waals surface area (Å²) in [7, 11) is 1.49. The predicted molar refractivity (Wildman–Crippen MR) is 74.2 cm³/mol. The van der Waals surface area contributed by atoms with E-state index in [9.17, 15) is 4.79 Å². The van der Waals surface area contributed by atoms with Gasteiger partial charge in [-0.2, -0.15) is 4.99 Å². The summed E-state index contributed by atoms with van der Waals surface area (Å²) in [6.45, 7) is 4.27. The molecule has 1 amide bonds. The second kappa shape index (κ2) is 10.6. The molecule has 0 heterocycles. The number of amides is 1. The van der Waals surface area contributed by atoms with Gasteiger partial charge >= 0.3 is 0 Å². The lowest BCUT2D eigenvalue weighted by Crippen LogP contribution is -2.35. The first-order valence-electron chi connectivity index (χ1n) is 6.61. The molecule has 1 aliphatic carbocycles. The van der Waals surface area contributed by atoms with Crippen molar-refractivity contribution in [3.63, 3.8) is 0 Å². The van der Waals surface area contributed by atoms with Crippen molar-refractivity contribution in [2.45, 2.75) is 46.0 Å². The van der Waals surface area contributed by atoms with Crippen molar-refractivity contribution in [1.29, 1.82) is 0 Å². The van der Waals surface area contributed by atoms with Gasteiger partial charge in [-0.3, -0.25) is 4.79 Å². The van der Waals surface area contributed by atoms with Gasteiger partial charge in [-0.15, -0.1) is 0 Å². The molecule has 0 aromatic rings. The summed E-state index contributed by atoms with van der Waals surface area (Å²) in [5, 5.41) is 2.80. The van der Waals surface area contributed by atoms with Crippen LogP contribution >= 0.6 is 0 Å². The zero-order valence-corrected chi connectivity index (χ0v) is 11.7. The summed E-state index contributed by atoms with van der Waals surface area (Å²) in [5.74, 6) is 0.603. The first-order chi connectivity index (χ1) is 8.77. The molecule has 0 saturated heterocycles. The Kier molecular flexibility index (Phi) is 9.75. The van der Waals surface area contributed by atoms with Crippen molar-refractivity contribution in [3.05, 3.63) is 0 Å². The minimum absolute atomic E-state index is 0.0847. The van der Waals surface area contributed by atoms with Gasteiger partial charge in [0.1, 0.15) is 0 Å². The maximum atomic E-state index is 11.7. The highest BCUT2D eigenvalue weighted by Crippen LogP contribution is 2.23. The predicted octanol–water partition coefficient (Wildman–Crippen LogP) is 2.34. The van der Waals surface area contributed by atoms with Crippen LogP contribution in [0.4, 0.5) is 0 Å². The quantitative estimate of drug-likeness (QED) is 0.476. The van der Waals surface area contributed by atoms with Crippen LogP contribution in [0.2, 0.25) is 0 Å². The fourth-order valence-corrected chi connectivity index (χ4v) is 1.90. The van der Waals surface area contributed by atoms with E-state index in [1.165, 1.54) is 13.5 Å². The molecule has 0 aromatic heterocycles. The van der Waals surface area contributed by atoms with Crippen LogP contribution in [0.25, 0.3) is 0 Å². The molecule has 0 radical (unpaired) electrons. The topological polar surface area (TPSA) is 50.7 Å². The Bertz CT molecular complexity index is 299. The highest BCUT2D eigenvalue weighted by molar-refractivity contribution is 5.86. The van der Waals surface area contributed by atoms with E-state index in [1.807, 2.05) is 13.8 Å². The molecule has 4 nitrogen and oxygen atoms in total. The number of aliphatic imine (C=N–C) groups is 1. The summed E-state index contributed by atoms with van der Waals surface area (Å²) in [6, 6.07) is 2.13. The highest BCUT2D eigenvalue weighted by Gasteiger charge is 2.20. The third-order valence-electron chi connectivity index (χ3n) is 2.81. The molecular weight excluding hydrogens is 228 g/mol. The molecule has 102 valence electrons. The molecule has 1 aliphatic rings. The number of nitrogens with one attached hydrogen (secondary N) is 1. The van der Waals surface area contributed by atoms with E-state index in [-0.39, 0.29) is 18.4 Å². The van der Waals surface area contributed by atoms with Gasteiger partial charge in [-0.25, -0.2) is 0 Å². The molecular formula is C14H24N2O2. The number of nitrogens with zero attached hydrogens (tertiary/aromatic N) is 1. The van der Waals surface area contributed by atoms with Gasteiger partial charge in [0.05, 0.1) is 13.7 Å². The van der Waals surface area contributed by atoms with E-state index >= 15 is 0 Å². The van der Waals surface area contributed by atoms with Crippen LogP contribution in [-0.4, -0.2) is 25.5 Å². The highest BCUT2D eigenvalue weighted by atomic mass is 16.5. The van der Waals surface area contributed by atoms with Crippen molar-refractivity contribution >= 4 is 11.8 Å². The maximum Gasteiger partial charge on any atom is 0.223 e. The Morgan fingerprint density at radius 2 is 2.00 bits per heavy atom. The minimum Gasteiger partial charge on any atom is -0.482 e. The molecule has 18 heavy (non-hydrogen) atoms. The van der Waals surface area contributed by atoms with Gasteiger partial charge in [-0.1, -0.05) is 39.5 Å². The number of ether oxygens (including phenoxy) is 1. The minimum atomic E-state index is 0.0847. The van der Waals surface area contributed by atoms with E-state index in [2.05, 4.69) is 16.4 Å². The Balaban J connectivity index is 0.00000137. The first-order valence-corrected chi connectivity index (χ1v) is 6.61. The first kappa shape index (κ1) is 16.5. The Labute approximate surface area is 110 Å². The molecule has 1 rings (SSSR count). The van der Waals surface area contributed by atoms with Gasteiger partial charge in [-0.05, 0) is 12.8 Å². The van der Waals surface area contributed by atoms with E-state index in [1.54, 1.807) is 0 Å². The molecule has 0 unspecified atom stereocenters. The van der Waals surface area contributed by atoms with Crippen molar-refractivity contribution < 1.29 is 9.53 Å². The van der Waals surface area contributed by atoms with Crippen molar-refractivity contribution in [3.8, 4) is 12.5 Å². The normalized spacial score (nSPS) is 16.0. The Hall–Kier alpha value is -1.50. The second-order valence-corrected chi connectivity index (χ2v) is 3.89. The average molecular weight is 252 g/mol. The largest absolute Gasteiger partial charge is 0.482 e. The van der Waals surface area contributed by atoms with Gasteiger partial charge in [0.2, 0.25) is 11.8 Å².